The fourth-order valence-electron chi connectivity index (χ4n) is 1.17. The smallest absolute Gasteiger partial charge is 0.302 e. The summed E-state index contributed by atoms with van der Waals surface area (Å²) in [6, 6.07) is 8.85. The van der Waals surface area contributed by atoms with E-state index in [2.05, 4.69) is 25.7 Å². The van der Waals surface area contributed by atoms with E-state index in [1.807, 2.05) is 6.07 Å². The van der Waals surface area contributed by atoms with Gasteiger partial charge in [0.1, 0.15) is 0 Å². The average molecular weight is 266 g/mol. The molecule has 1 aromatic carbocycles. The molecule has 0 spiro atoms. The highest BCUT2D eigenvalue weighted by Gasteiger charge is 2.20. The van der Waals surface area contributed by atoms with E-state index in [0.717, 1.165) is 4.47 Å². The molecule has 1 aromatic heterocycles. The number of rotatable bonds is 1. The number of hydrogen-bond donors (Lipinski definition) is 0. The summed E-state index contributed by atoms with van der Waals surface area (Å²) in [6.07, 6.45) is 0. The van der Waals surface area contributed by atoms with Crippen LogP contribution in [0.4, 0.5) is 0 Å². The summed E-state index contributed by atoms with van der Waals surface area (Å²) in [5, 5.41) is 23.2. The maximum atomic E-state index is 11.0. The average Bonchev–Trinajstić information content (AvgIpc) is 2.59. The van der Waals surface area contributed by atoms with Crippen molar-refractivity contribution in [2.75, 3.05) is 0 Å². The van der Waals surface area contributed by atoms with Crippen molar-refractivity contribution in [2.45, 2.75) is 0 Å². The molecular formula is C9H4BrN3O2. The van der Waals surface area contributed by atoms with Gasteiger partial charge in [-0.2, -0.15) is 5.26 Å². The van der Waals surface area contributed by atoms with Gasteiger partial charge in [-0.15, -0.1) is 0 Å². The summed E-state index contributed by atoms with van der Waals surface area (Å²) in [7, 11) is 0. The van der Waals surface area contributed by atoms with Crippen molar-refractivity contribution in [1.29, 1.82) is 5.26 Å². The zero-order valence-electron chi connectivity index (χ0n) is 7.35. The molecule has 0 aliphatic rings. The zero-order valence-corrected chi connectivity index (χ0v) is 8.93. The normalized spacial score (nSPS) is 9.87. The van der Waals surface area contributed by atoms with E-state index in [-0.39, 0.29) is 16.3 Å². The van der Waals surface area contributed by atoms with Crippen molar-refractivity contribution in [3.8, 4) is 17.3 Å². The second kappa shape index (κ2) is 3.71. The minimum absolute atomic E-state index is 0.0935. The lowest BCUT2D eigenvalue weighted by Crippen LogP contribution is -2.26. The van der Waals surface area contributed by atoms with Gasteiger partial charge in [0.15, 0.2) is 6.07 Å². The number of halogens is 1. The number of nitriles is 1. The van der Waals surface area contributed by atoms with Crippen LogP contribution in [0.1, 0.15) is 5.69 Å². The first-order valence-electron chi connectivity index (χ1n) is 3.98. The van der Waals surface area contributed by atoms with Crippen molar-refractivity contribution in [1.82, 2.24) is 5.16 Å². The highest BCUT2D eigenvalue weighted by atomic mass is 79.9. The summed E-state index contributed by atoms with van der Waals surface area (Å²) in [4.78, 5) is 0.0935. The Morgan fingerprint density at radius 1 is 1.53 bits per heavy atom. The molecule has 0 atom stereocenters. The summed E-state index contributed by atoms with van der Waals surface area (Å²) < 4.78 is 5.19. The van der Waals surface area contributed by atoms with Crippen LogP contribution in [-0.4, -0.2) is 5.16 Å². The van der Waals surface area contributed by atoms with Gasteiger partial charge in [0.2, 0.25) is 0 Å². The Morgan fingerprint density at radius 3 is 3.00 bits per heavy atom. The molecule has 0 saturated heterocycles. The van der Waals surface area contributed by atoms with Gasteiger partial charge in [0, 0.05) is 15.2 Å². The van der Waals surface area contributed by atoms with Crippen LogP contribution >= 0.6 is 15.9 Å². The van der Waals surface area contributed by atoms with Crippen molar-refractivity contribution in [3.63, 3.8) is 0 Å². The van der Waals surface area contributed by atoms with Crippen molar-refractivity contribution < 1.29 is 9.53 Å². The molecule has 0 saturated carbocycles. The fraction of sp³-hybridized carbons (Fsp3) is 0. The van der Waals surface area contributed by atoms with Crippen LogP contribution in [0.3, 0.4) is 0 Å². The van der Waals surface area contributed by atoms with Gasteiger partial charge in [0.05, 0.1) is 0 Å². The third-order valence-electron chi connectivity index (χ3n) is 1.82. The van der Waals surface area contributed by atoms with Gasteiger partial charge >= 0.3 is 5.69 Å². The van der Waals surface area contributed by atoms with E-state index in [1.54, 1.807) is 24.3 Å². The fourth-order valence-corrected chi connectivity index (χ4v) is 1.57. The lowest BCUT2D eigenvalue weighted by atomic mass is 10.1. The Labute approximate surface area is 93.2 Å². The predicted molar refractivity (Wildman–Crippen MR) is 53.3 cm³/mol. The molecule has 0 aliphatic carbocycles. The number of nitrogens with zero attached hydrogens (tertiary/aromatic N) is 3. The topological polar surface area (TPSA) is 76.8 Å². The second-order valence-electron chi connectivity index (χ2n) is 2.75. The van der Waals surface area contributed by atoms with Gasteiger partial charge in [-0.25, -0.2) is 0 Å². The van der Waals surface area contributed by atoms with Crippen LogP contribution in [0.15, 0.2) is 33.4 Å². The molecule has 6 heteroatoms. The van der Waals surface area contributed by atoms with Gasteiger partial charge in [-0.3, -0.25) is 4.63 Å². The van der Waals surface area contributed by atoms with E-state index < -0.39 is 0 Å². The van der Waals surface area contributed by atoms with Crippen LogP contribution in [-0.2, 0) is 0 Å². The first kappa shape index (κ1) is 9.68. The number of benzene rings is 1. The third kappa shape index (κ3) is 1.69. The van der Waals surface area contributed by atoms with Gasteiger partial charge < -0.3 is 5.21 Å². The minimum atomic E-state index is -0.145. The van der Waals surface area contributed by atoms with E-state index in [9.17, 15) is 5.21 Å². The maximum Gasteiger partial charge on any atom is 0.302 e. The monoisotopic (exact) mass is 265 g/mol. The lowest BCUT2D eigenvalue weighted by molar-refractivity contribution is -0.804. The molecular weight excluding hydrogens is 262 g/mol. The Balaban J connectivity index is 2.60. The van der Waals surface area contributed by atoms with Crippen molar-refractivity contribution in [2.24, 2.45) is 0 Å². The molecule has 2 aromatic rings. The van der Waals surface area contributed by atoms with Crippen LogP contribution in [0.5, 0.6) is 0 Å². The van der Waals surface area contributed by atoms with Crippen LogP contribution in [0.2, 0.25) is 0 Å². The molecule has 0 bridgehead atoms. The second-order valence-corrected chi connectivity index (χ2v) is 3.67. The first-order chi connectivity index (χ1) is 7.22. The molecule has 0 fully saturated rings. The van der Waals surface area contributed by atoms with Crippen molar-refractivity contribution in [3.05, 3.63) is 39.6 Å². The SMILES string of the molecule is N#Cc1c(-c2cccc(Br)c2)no[n+]1[O-]. The highest BCUT2D eigenvalue weighted by molar-refractivity contribution is 9.10. The number of aromatic nitrogens is 2. The third-order valence-corrected chi connectivity index (χ3v) is 2.31. The Hall–Kier alpha value is -1.87. The summed E-state index contributed by atoms with van der Waals surface area (Å²) in [5.41, 5.74) is 0.751. The van der Waals surface area contributed by atoms with Crippen LogP contribution < -0.4 is 4.90 Å². The molecule has 5 nitrogen and oxygen atoms in total. The van der Waals surface area contributed by atoms with E-state index in [4.69, 9.17) is 5.26 Å². The van der Waals surface area contributed by atoms with Crippen LogP contribution in [0.25, 0.3) is 11.3 Å². The van der Waals surface area contributed by atoms with E-state index >= 15 is 0 Å². The van der Waals surface area contributed by atoms with E-state index in [0.29, 0.717) is 5.56 Å². The minimum Gasteiger partial charge on any atom is -0.358 e. The van der Waals surface area contributed by atoms with Gasteiger partial charge in [-0.05, 0) is 17.0 Å². The summed E-state index contributed by atoms with van der Waals surface area (Å²) in [6.45, 7) is 0. The lowest BCUT2D eigenvalue weighted by Gasteiger charge is -1.92. The molecule has 0 N–H and O–H groups in total. The van der Waals surface area contributed by atoms with Gasteiger partial charge in [0.25, 0.3) is 5.69 Å². The molecule has 0 radical (unpaired) electrons. The number of hydrogen-bond acceptors (Lipinski definition) is 4. The molecule has 74 valence electrons. The van der Waals surface area contributed by atoms with Crippen molar-refractivity contribution >= 4 is 15.9 Å². The molecule has 0 unspecified atom stereocenters. The Kier molecular flexibility index (Phi) is 2.39. The molecule has 0 amide bonds. The zero-order chi connectivity index (χ0) is 10.8. The highest BCUT2D eigenvalue weighted by Crippen LogP contribution is 2.22. The quantitative estimate of drug-likeness (QED) is 0.734. The van der Waals surface area contributed by atoms with Gasteiger partial charge in [-0.1, -0.05) is 28.1 Å². The molecule has 1 heterocycles. The molecule has 2 rings (SSSR count). The largest absolute Gasteiger partial charge is 0.358 e. The summed E-state index contributed by atoms with van der Waals surface area (Å²) >= 11 is 3.29. The predicted octanol–water partition coefficient (Wildman–Crippen LogP) is 1.61. The van der Waals surface area contributed by atoms with Crippen LogP contribution in [0, 0.1) is 16.5 Å². The summed E-state index contributed by atoms with van der Waals surface area (Å²) in [5.74, 6) is 0. The Bertz CT molecular complexity index is 545. The maximum absolute atomic E-state index is 11.0. The molecule has 0 aliphatic heterocycles. The first-order valence-corrected chi connectivity index (χ1v) is 4.77. The molecule has 15 heavy (non-hydrogen) atoms. The Morgan fingerprint density at radius 2 is 2.33 bits per heavy atom. The standard InChI is InChI=1S/C9H4BrN3O2/c10-7-3-1-2-6(4-7)9-8(5-11)13(14)15-12-9/h1-4H. The van der Waals surface area contributed by atoms with E-state index in [1.165, 1.54) is 0 Å².